The fourth-order valence-corrected chi connectivity index (χ4v) is 3.38. The molecule has 8 heteroatoms. The largest absolute Gasteiger partial charge is 0.462 e. The number of rotatable bonds is 5. The highest BCUT2D eigenvalue weighted by Crippen LogP contribution is 2.26. The van der Waals surface area contributed by atoms with E-state index in [1.807, 2.05) is 6.07 Å². The predicted octanol–water partition coefficient (Wildman–Crippen LogP) is 2.53. The Balaban J connectivity index is 1.68. The van der Waals surface area contributed by atoms with Crippen molar-refractivity contribution in [2.75, 3.05) is 37.8 Å². The third kappa shape index (κ3) is 3.43. The van der Waals surface area contributed by atoms with Gasteiger partial charge in [-0.05, 0) is 32.0 Å². The highest BCUT2D eigenvalue weighted by Gasteiger charge is 2.17. The molecule has 2 aromatic heterocycles. The standard InChI is InChI=1S/C20H23N5O3/c1-3-25-17-6-5-14(19(26)28-4-2)11-16(17)23-18(25)15-12-21-20(22-13-15)24-7-9-27-10-8-24/h5-6,11-13H,3-4,7-10H2,1-2H3. The van der Waals surface area contributed by atoms with Gasteiger partial charge in [0.2, 0.25) is 5.95 Å². The molecule has 1 saturated heterocycles. The van der Waals surface area contributed by atoms with E-state index in [1.54, 1.807) is 31.5 Å². The lowest BCUT2D eigenvalue weighted by atomic mass is 10.2. The van der Waals surface area contributed by atoms with Crippen LogP contribution >= 0.6 is 0 Å². The predicted molar refractivity (Wildman–Crippen MR) is 105 cm³/mol. The summed E-state index contributed by atoms with van der Waals surface area (Å²) < 4.78 is 12.6. The SMILES string of the molecule is CCOC(=O)c1ccc2c(c1)nc(-c1cnc(N3CCOCC3)nc1)n2CC. The zero-order valence-electron chi connectivity index (χ0n) is 16.1. The number of benzene rings is 1. The average molecular weight is 381 g/mol. The van der Waals surface area contributed by atoms with Gasteiger partial charge in [0.1, 0.15) is 5.82 Å². The molecule has 0 spiro atoms. The molecule has 0 atom stereocenters. The second-order valence-electron chi connectivity index (χ2n) is 6.47. The Labute approximate surface area is 163 Å². The normalized spacial score (nSPS) is 14.4. The van der Waals surface area contributed by atoms with Crippen LogP contribution in [0.15, 0.2) is 30.6 Å². The molecular formula is C20H23N5O3. The van der Waals surface area contributed by atoms with E-state index in [4.69, 9.17) is 14.5 Å². The van der Waals surface area contributed by atoms with Crippen LogP contribution in [0.4, 0.5) is 5.95 Å². The maximum atomic E-state index is 12.0. The first-order chi connectivity index (χ1) is 13.7. The Hall–Kier alpha value is -3.00. The Morgan fingerprint density at radius 3 is 2.61 bits per heavy atom. The summed E-state index contributed by atoms with van der Waals surface area (Å²) in [7, 11) is 0. The van der Waals surface area contributed by atoms with Crippen molar-refractivity contribution in [3.05, 3.63) is 36.2 Å². The molecule has 1 aliphatic rings. The van der Waals surface area contributed by atoms with Crippen LogP contribution in [-0.2, 0) is 16.0 Å². The Morgan fingerprint density at radius 2 is 1.93 bits per heavy atom. The van der Waals surface area contributed by atoms with Crippen LogP contribution in [0.5, 0.6) is 0 Å². The molecule has 8 nitrogen and oxygen atoms in total. The molecule has 28 heavy (non-hydrogen) atoms. The van der Waals surface area contributed by atoms with Gasteiger partial charge in [0.25, 0.3) is 0 Å². The van der Waals surface area contributed by atoms with E-state index >= 15 is 0 Å². The number of carbonyl (C=O) groups is 1. The number of carbonyl (C=O) groups excluding carboxylic acids is 1. The first kappa shape index (κ1) is 18.4. The molecular weight excluding hydrogens is 358 g/mol. The number of ether oxygens (including phenoxy) is 2. The monoisotopic (exact) mass is 381 g/mol. The first-order valence-electron chi connectivity index (χ1n) is 9.53. The number of aryl methyl sites for hydroxylation is 1. The summed E-state index contributed by atoms with van der Waals surface area (Å²) in [5.41, 5.74) is 3.05. The van der Waals surface area contributed by atoms with Crippen molar-refractivity contribution >= 4 is 23.0 Å². The smallest absolute Gasteiger partial charge is 0.338 e. The molecule has 146 valence electrons. The van der Waals surface area contributed by atoms with Gasteiger partial charge < -0.3 is 18.9 Å². The zero-order valence-corrected chi connectivity index (χ0v) is 16.1. The number of hydrogen-bond donors (Lipinski definition) is 0. The quantitative estimate of drug-likeness (QED) is 0.628. The number of imidazole rings is 1. The average Bonchev–Trinajstić information content (AvgIpc) is 3.12. The molecule has 0 unspecified atom stereocenters. The summed E-state index contributed by atoms with van der Waals surface area (Å²) in [6, 6.07) is 5.45. The number of hydrogen-bond acceptors (Lipinski definition) is 7. The van der Waals surface area contributed by atoms with Crippen LogP contribution < -0.4 is 4.90 Å². The second kappa shape index (κ2) is 7.93. The number of anilines is 1. The summed E-state index contributed by atoms with van der Waals surface area (Å²) >= 11 is 0. The van der Waals surface area contributed by atoms with E-state index < -0.39 is 0 Å². The lowest BCUT2D eigenvalue weighted by Crippen LogP contribution is -2.37. The highest BCUT2D eigenvalue weighted by atomic mass is 16.5. The summed E-state index contributed by atoms with van der Waals surface area (Å²) in [4.78, 5) is 27.9. The van der Waals surface area contributed by atoms with Gasteiger partial charge in [0, 0.05) is 32.0 Å². The Bertz CT molecular complexity index is 977. The zero-order chi connectivity index (χ0) is 19.5. The third-order valence-corrected chi connectivity index (χ3v) is 4.77. The van der Waals surface area contributed by atoms with Gasteiger partial charge in [-0.25, -0.2) is 19.7 Å². The maximum Gasteiger partial charge on any atom is 0.338 e. The van der Waals surface area contributed by atoms with Crippen molar-refractivity contribution < 1.29 is 14.3 Å². The number of fused-ring (bicyclic) bond motifs is 1. The van der Waals surface area contributed by atoms with Crippen LogP contribution in [0.2, 0.25) is 0 Å². The molecule has 0 aliphatic carbocycles. The van der Waals surface area contributed by atoms with E-state index in [1.165, 1.54) is 0 Å². The molecule has 1 aromatic carbocycles. The minimum atomic E-state index is -0.338. The van der Waals surface area contributed by atoms with Gasteiger partial charge in [0.05, 0.1) is 42.0 Å². The maximum absolute atomic E-state index is 12.0. The third-order valence-electron chi connectivity index (χ3n) is 4.77. The molecule has 0 saturated carbocycles. The van der Waals surface area contributed by atoms with E-state index in [0.29, 0.717) is 31.3 Å². The minimum absolute atomic E-state index is 0.338. The lowest BCUT2D eigenvalue weighted by Gasteiger charge is -2.26. The molecule has 1 fully saturated rings. The Kier molecular flexibility index (Phi) is 5.21. The molecule has 0 N–H and O–H groups in total. The number of morpholine rings is 1. The van der Waals surface area contributed by atoms with E-state index in [9.17, 15) is 4.79 Å². The van der Waals surface area contributed by atoms with Crippen molar-refractivity contribution in [3.63, 3.8) is 0 Å². The summed E-state index contributed by atoms with van der Waals surface area (Å²) in [5, 5.41) is 0. The number of esters is 1. The number of nitrogens with zero attached hydrogens (tertiary/aromatic N) is 5. The fourth-order valence-electron chi connectivity index (χ4n) is 3.38. The summed E-state index contributed by atoms with van der Waals surface area (Å²) in [6.07, 6.45) is 3.61. The topological polar surface area (TPSA) is 82.4 Å². The van der Waals surface area contributed by atoms with Crippen molar-refractivity contribution in [2.45, 2.75) is 20.4 Å². The van der Waals surface area contributed by atoms with Gasteiger partial charge in [-0.2, -0.15) is 0 Å². The van der Waals surface area contributed by atoms with E-state index in [2.05, 4.69) is 26.4 Å². The van der Waals surface area contributed by atoms with Crippen LogP contribution in [0.25, 0.3) is 22.4 Å². The first-order valence-corrected chi connectivity index (χ1v) is 9.53. The molecule has 3 heterocycles. The lowest BCUT2D eigenvalue weighted by molar-refractivity contribution is 0.0526. The van der Waals surface area contributed by atoms with Crippen molar-refractivity contribution in [2.24, 2.45) is 0 Å². The summed E-state index contributed by atoms with van der Waals surface area (Å²) in [5.74, 6) is 1.15. The fraction of sp³-hybridized carbons (Fsp3) is 0.400. The molecule has 4 rings (SSSR count). The van der Waals surface area contributed by atoms with E-state index in [-0.39, 0.29) is 5.97 Å². The van der Waals surface area contributed by atoms with Crippen LogP contribution in [0.3, 0.4) is 0 Å². The van der Waals surface area contributed by atoms with Gasteiger partial charge in [-0.3, -0.25) is 0 Å². The van der Waals surface area contributed by atoms with Gasteiger partial charge in [0.15, 0.2) is 0 Å². The van der Waals surface area contributed by atoms with Gasteiger partial charge >= 0.3 is 5.97 Å². The number of aromatic nitrogens is 4. The molecule has 0 bridgehead atoms. The molecule has 1 aliphatic heterocycles. The Morgan fingerprint density at radius 1 is 1.18 bits per heavy atom. The molecule has 0 radical (unpaired) electrons. The van der Waals surface area contributed by atoms with Crippen LogP contribution in [-0.4, -0.2) is 58.4 Å². The molecule has 0 amide bonds. The van der Waals surface area contributed by atoms with E-state index in [0.717, 1.165) is 42.1 Å². The van der Waals surface area contributed by atoms with Crippen molar-refractivity contribution in [1.82, 2.24) is 19.5 Å². The molecule has 3 aromatic rings. The van der Waals surface area contributed by atoms with Crippen molar-refractivity contribution in [1.29, 1.82) is 0 Å². The second-order valence-corrected chi connectivity index (χ2v) is 6.47. The van der Waals surface area contributed by atoms with Gasteiger partial charge in [-0.15, -0.1) is 0 Å². The highest BCUT2D eigenvalue weighted by molar-refractivity contribution is 5.94. The summed E-state index contributed by atoms with van der Waals surface area (Å²) in [6.45, 7) is 7.92. The minimum Gasteiger partial charge on any atom is -0.462 e. The van der Waals surface area contributed by atoms with Gasteiger partial charge in [-0.1, -0.05) is 0 Å². The van der Waals surface area contributed by atoms with Crippen molar-refractivity contribution in [3.8, 4) is 11.4 Å². The van der Waals surface area contributed by atoms with Crippen LogP contribution in [0, 0.1) is 0 Å². The van der Waals surface area contributed by atoms with Crippen LogP contribution in [0.1, 0.15) is 24.2 Å².